The van der Waals surface area contributed by atoms with Gasteiger partial charge in [-0.2, -0.15) is 0 Å². The summed E-state index contributed by atoms with van der Waals surface area (Å²) in [5.74, 6) is -0.0942. The lowest BCUT2D eigenvalue weighted by Crippen LogP contribution is -2.24. The smallest absolute Gasteiger partial charge is 0.270 e. The molecule has 0 bridgehead atoms. The molecular formula is C17H18N4O2. The van der Waals surface area contributed by atoms with Crippen molar-refractivity contribution in [3.8, 4) is 0 Å². The van der Waals surface area contributed by atoms with Crippen LogP contribution in [0.4, 0.5) is 0 Å². The number of nitrogens with zero attached hydrogens (tertiary/aromatic N) is 2. The van der Waals surface area contributed by atoms with E-state index in [1.165, 1.54) is 0 Å². The number of H-pyrrole nitrogens is 1. The number of aryl methyl sites for hydroxylation is 2. The van der Waals surface area contributed by atoms with E-state index < -0.39 is 0 Å². The molecule has 0 aliphatic carbocycles. The average Bonchev–Trinajstić information content (AvgIpc) is 2.96. The number of nitrogens with one attached hydrogen (secondary N) is 2. The molecule has 6 nitrogen and oxygen atoms in total. The Balaban J connectivity index is 1.60. The van der Waals surface area contributed by atoms with Crippen molar-refractivity contribution < 1.29 is 4.79 Å². The number of benzene rings is 1. The summed E-state index contributed by atoms with van der Waals surface area (Å²) in [7, 11) is 1.93. The van der Waals surface area contributed by atoms with Gasteiger partial charge < -0.3 is 14.9 Å². The lowest BCUT2D eigenvalue weighted by molar-refractivity contribution is -0.121. The van der Waals surface area contributed by atoms with Gasteiger partial charge in [-0.25, -0.2) is 4.98 Å². The molecule has 2 heterocycles. The van der Waals surface area contributed by atoms with Gasteiger partial charge in [0.25, 0.3) is 5.56 Å². The first-order chi connectivity index (χ1) is 11.1. The van der Waals surface area contributed by atoms with E-state index in [1.807, 2.05) is 48.3 Å². The first-order valence-electron chi connectivity index (χ1n) is 7.47. The molecule has 3 rings (SSSR count). The summed E-state index contributed by atoms with van der Waals surface area (Å²) in [6.07, 6.45) is 4.44. The summed E-state index contributed by atoms with van der Waals surface area (Å²) in [6.45, 7) is 0.487. The van der Waals surface area contributed by atoms with Crippen LogP contribution >= 0.6 is 0 Å². The normalized spacial score (nSPS) is 10.8. The van der Waals surface area contributed by atoms with Gasteiger partial charge in [0.2, 0.25) is 5.91 Å². The summed E-state index contributed by atoms with van der Waals surface area (Å²) in [4.78, 5) is 31.0. The summed E-state index contributed by atoms with van der Waals surface area (Å²) >= 11 is 0. The number of hydrogen-bond donors (Lipinski definition) is 2. The first kappa shape index (κ1) is 15.0. The van der Waals surface area contributed by atoms with Crippen LogP contribution in [0.1, 0.15) is 17.7 Å². The van der Waals surface area contributed by atoms with Crippen LogP contribution in [-0.2, 0) is 24.8 Å². The van der Waals surface area contributed by atoms with Crippen molar-refractivity contribution in [2.75, 3.05) is 0 Å². The standard InChI is InChI=1S/C17H18N4O2/c1-21-9-8-12(11-21)10-18-16(22)7-6-15-17(23)20-14-5-3-2-4-13(14)19-15/h2-5,8-9,11H,6-7,10H2,1H3,(H,18,22)(H,20,23). The Morgan fingerprint density at radius 3 is 2.91 bits per heavy atom. The van der Waals surface area contributed by atoms with Crippen molar-refractivity contribution in [3.05, 3.63) is 64.3 Å². The Kier molecular flexibility index (Phi) is 4.23. The lowest BCUT2D eigenvalue weighted by atomic mass is 10.2. The van der Waals surface area contributed by atoms with Crippen LogP contribution in [0.15, 0.2) is 47.5 Å². The van der Waals surface area contributed by atoms with Gasteiger partial charge in [-0.3, -0.25) is 9.59 Å². The molecule has 0 unspecified atom stereocenters. The molecule has 0 atom stereocenters. The number of para-hydroxylation sites is 2. The maximum Gasteiger partial charge on any atom is 0.270 e. The zero-order valence-electron chi connectivity index (χ0n) is 12.9. The summed E-state index contributed by atoms with van der Waals surface area (Å²) in [5, 5.41) is 2.85. The van der Waals surface area contributed by atoms with Crippen LogP contribution in [0.25, 0.3) is 11.0 Å². The van der Waals surface area contributed by atoms with E-state index in [4.69, 9.17) is 0 Å². The maximum absolute atomic E-state index is 12.0. The molecule has 0 fully saturated rings. The highest BCUT2D eigenvalue weighted by Gasteiger charge is 2.08. The molecule has 23 heavy (non-hydrogen) atoms. The van der Waals surface area contributed by atoms with Crippen LogP contribution in [0.3, 0.4) is 0 Å². The molecule has 0 spiro atoms. The summed E-state index contributed by atoms with van der Waals surface area (Å²) in [6, 6.07) is 9.31. The molecule has 0 radical (unpaired) electrons. The van der Waals surface area contributed by atoms with Crippen LogP contribution in [0, 0.1) is 0 Å². The van der Waals surface area contributed by atoms with Gasteiger partial charge in [0, 0.05) is 38.8 Å². The minimum atomic E-state index is -0.237. The fourth-order valence-electron chi connectivity index (χ4n) is 2.42. The number of aromatic nitrogens is 3. The number of aromatic amines is 1. The predicted octanol–water partition coefficient (Wildman–Crippen LogP) is 1.51. The number of fused-ring (bicyclic) bond motifs is 1. The molecular weight excluding hydrogens is 292 g/mol. The molecule has 2 N–H and O–H groups in total. The molecule has 0 aliphatic heterocycles. The van der Waals surface area contributed by atoms with Crippen molar-refractivity contribution in [2.24, 2.45) is 7.05 Å². The molecule has 1 aromatic carbocycles. The van der Waals surface area contributed by atoms with E-state index in [1.54, 1.807) is 6.07 Å². The van der Waals surface area contributed by atoms with Gasteiger partial charge in [-0.15, -0.1) is 0 Å². The number of carbonyl (C=O) groups is 1. The van der Waals surface area contributed by atoms with E-state index in [0.717, 1.165) is 11.1 Å². The second-order valence-corrected chi connectivity index (χ2v) is 5.49. The van der Waals surface area contributed by atoms with Gasteiger partial charge in [-0.1, -0.05) is 12.1 Å². The van der Waals surface area contributed by atoms with Crippen LogP contribution in [-0.4, -0.2) is 20.4 Å². The van der Waals surface area contributed by atoms with Gasteiger partial charge in [0.1, 0.15) is 5.69 Å². The molecule has 0 saturated carbocycles. The SMILES string of the molecule is Cn1ccc(CNC(=O)CCc2nc3ccccc3[nH]c2=O)c1. The number of amides is 1. The highest BCUT2D eigenvalue weighted by molar-refractivity contribution is 5.76. The Morgan fingerprint density at radius 2 is 2.13 bits per heavy atom. The van der Waals surface area contributed by atoms with Crippen LogP contribution in [0.2, 0.25) is 0 Å². The fraction of sp³-hybridized carbons (Fsp3) is 0.235. The molecule has 0 aliphatic rings. The number of rotatable bonds is 5. The maximum atomic E-state index is 12.0. The third-order valence-electron chi connectivity index (χ3n) is 3.64. The molecule has 6 heteroatoms. The summed E-state index contributed by atoms with van der Waals surface area (Å²) in [5.41, 5.74) is 2.63. The van der Waals surface area contributed by atoms with Gasteiger partial charge in [0.05, 0.1) is 11.0 Å². The Labute approximate surface area is 133 Å². The Hall–Kier alpha value is -2.89. The minimum absolute atomic E-state index is 0.0942. The van der Waals surface area contributed by atoms with Crippen LogP contribution < -0.4 is 10.9 Å². The Bertz CT molecular complexity index is 895. The highest BCUT2D eigenvalue weighted by atomic mass is 16.1. The van der Waals surface area contributed by atoms with Crippen molar-refractivity contribution >= 4 is 16.9 Å². The van der Waals surface area contributed by atoms with Crippen molar-refractivity contribution in [1.82, 2.24) is 19.9 Å². The monoisotopic (exact) mass is 310 g/mol. The van der Waals surface area contributed by atoms with E-state index in [2.05, 4.69) is 15.3 Å². The van der Waals surface area contributed by atoms with Gasteiger partial charge in [-0.05, 0) is 23.8 Å². The highest BCUT2D eigenvalue weighted by Crippen LogP contribution is 2.07. The second-order valence-electron chi connectivity index (χ2n) is 5.49. The zero-order chi connectivity index (χ0) is 16.2. The third kappa shape index (κ3) is 3.66. The largest absolute Gasteiger partial charge is 0.357 e. The van der Waals surface area contributed by atoms with E-state index in [0.29, 0.717) is 24.2 Å². The predicted molar refractivity (Wildman–Crippen MR) is 87.9 cm³/mol. The minimum Gasteiger partial charge on any atom is -0.357 e. The topological polar surface area (TPSA) is 79.8 Å². The van der Waals surface area contributed by atoms with E-state index in [9.17, 15) is 9.59 Å². The van der Waals surface area contributed by atoms with E-state index >= 15 is 0 Å². The van der Waals surface area contributed by atoms with Crippen LogP contribution in [0.5, 0.6) is 0 Å². The summed E-state index contributed by atoms with van der Waals surface area (Å²) < 4.78 is 1.93. The molecule has 0 saturated heterocycles. The lowest BCUT2D eigenvalue weighted by Gasteiger charge is -2.04. The van der Waals surface area contributed by atoms with Gasteiger partial charge >= 0.3 is 0 Å². The Morgan fingerprint density at radius 1 is 1.30 bits per heavy atom. The molecule has 118 valence electrons. The van der Waals surface area contributed by atoms with E-state index in [-0.39, 0.29) is 17.9 Å². The van der Waals surface area contributed by atoms with Crippen molar-refractivity contribution in [1.29, 1.82) is 0 Å². The zero-order valence-corrected chi connectivity index (χ0v) is 12.9. The molecule has 2 aromatic heterocycles. The second kappa shape index (κ2) is 6.48. The average molecular weight is 310 g/mol. The van der Waals surface area contributed by atoms with Gasteiger partial charge in [0.15, 0.2) is 0 Å². The third-order valence-corrected chi connectivity index (χ3v) is 3.64. The number of hydrogen-bond acceptors (Lipinski definition) is 3. The van der Waals surface area contributed by atoms with Crippen molar-refractivity contribution in [3.63, 3.8) is 0 Å². The quantitative estimate of drug-likeness (QED) is 0.749. The fourth-order valence-corrected chi connectivity index (χ4v) is 2.42. The first-order valence-corrected chi connectivity index (χ1v) is 7.47. The molecule has 1 amide bonds. The van der Waals surface area contributed by atoms with Crippen molar-refractivity contribution in [2.45, 2.75) is 19.4 Å². The molecule has 3 aromatic rings. The number of carbonyl (C=O) groups excluding carboxylic acids is 1.